The number of rotatable bonds is 17. The number of benzene rings is 1. The molecular weight excluding hydrogens is 554 g/mol. The van der Waals surface area contributed by atoms with Gasteiger partial charge in [0, 0.05) is 12.6 Å². The van der Waals surface area contributed by atoms with Crippen LogP contribution < -0.4 is 10.6 Å². The van der Waals surface area contributed by atoms with E-state index in [1.165, 1.54) is 31.3 Å². The van der Waals surface area contributed by atoms with Crippen molar-refractivity contribution in [3.8, 4) is 0 Å². The van der Waals surface area contributed by atoms with Gasteiger partial charge in [-0.05, 0) is 31.0 Å². The Bertz CT molecular complexity index is 1180. The largest absolute Gasteiger partial charge is 0.361 e. The fourth-order valence-corrected chi connectivity index (χ4v) is 3.88. The minimum atomic E-state index is -3.29. The van der Waals surface area contributed by atoms with Gasteiger partial charge in [-0.1, -0.05) is 36.4 Å². The minimum absolute atomic E-state index is 0.0473. The highest BCUT2D eigenvalue weighted by Gasteiger charge is 2.50. The molecule has 2 aromatic rings. The number of hydrogen-bond acceptors (Lipinski definition) is 8. The standard InChI is InChI=1S/C27H29F4N3O7/c1-27(15-41-27)22(36)19(11-16-7-3-2-4-8-16)33-23(37)17(13-39-25(28)29)12-21(35)20(14-40-26(30)31)34-24(38)18-9-5-6-10-32-18/h2-10,17,19-20,25-26H,11-15H2,1H3,(H,33,37)(H,34,38)/t17-,19-,20-,27+/m0/s1. The monoisotopic (exact) mass is 583 g/mol. The molecule has 1 aromatic heterocycles. The van der Waals surface area contributed by atoms with E-state index in [-0.39, 0.29) is 18.7 Å². The number of ketones is 2. The van der Waals surface area contributed by atoms with Gasteiger partial charge in [0.25, 0.3) is 5.91 Å². The number of Topliss-reactive ketones (excluding diaryl/α,β-unsaturated/α-hetero) is 2. The first-order valence-corrected chi connectivity index (χ1v) is 12.5. The van der Waals surface area contributed by atoms with E-state index in [4.69, 9.17) is 4.74 Å². The predicted octanol–water partition coefficient (Wildman–Crippen LogP) is 2.32. The van der Waals surface area contributed by atoms with Gasteiger partial charge in [-0.2, -0.15) is 17.6 Å². The van der Waals surface area contributed by atoms with Crippen LogP contribution in [-0.2, 0) is 35.0 Å². The third-order valence-electron chi connectivity index (χ3n) is 6.24. The molecule has 2 N–H and O–H groups in total. The normalized spacial score (nSPS) is 18.4. The summed E-state index contributed by atoms with van der Waals surface area (Å²) in [5.41, 5.74) is -0.575. The van der Waals surface area contributed by atoms with Crippen molar-refractivity contribution in [2.24, 2.45) is 5.92 Å². The maximum Gasteiger partial charge on any atom is 0.345 e. The lowest BCUT2D eigenvalue weighted by Crippen LogP contribution is -2.51. The van der Waals surface area contributed by atoms with Crippen molar-refractivity contribution in [1.82, 2.24) is 15.6 Å². The number of nitrogens with zero attached hydrogens (tertiary/aromatic N) is 1. The van der Waals surface area contributed by atoms with E-state index >= 15 is 0 Å². The van der Waals surface area contributed by atoms with Crippen LogP contribution in [0, 0.1) is 5.92 Å². The van der Waals surface area contributed by atoms with Crippen LogP contribution in [0.4, 0.5) is 17.6 Å². The topological polar surface area (TPSA) is 136 Å². The highest BCUT2D eigenvalue weighted by Crippen LogP contribution is 2.29. The number of alkyl halides is 4. The van der Waals surface area contributed by atoms with Crippen molar-refractivity contribution in [3.63, 3.8) is 0 Å². The SMILES string of the molecule is C[C@]1(C(=O)[C@H](Cc2ccccc2)NC(=O)[C@H](COC(F)F)CC(=O)[C@H](COC(F)F)NC(=O)c2ccccn2)CO1. The molecule has 0 bridgehead atoms. The Kier molecular flexibility index (Phi) is 11.4. The Morgan fingerprint density at radius 2 is 1.56 bits per heavy atom. The highest BCUT2D eigenvalue weighted by molar-refractivity contribution is 5.99. The maximum absolute atomic E-state index is 13.2. The lowest BCUT2D eigenvalue weighted by Gasteiger charge is -2.24. The van der Waals surface area contributed by atoms with Crippen molar-refractivity contribution < 1.29 is 51.0 Å². The lowest BCUT2D eigenvalue weighted by molar-refractivity contribution is -0.155. The molecule has 4 atom stereocenters. The first kappa shape index (κ1) is 31.8. The molecule has 14 heteroatoms. The fourth-order valence-electron chi connectivity index (χ4n) is 3.88. The maximum atomic E-state index is 13.2. The molecule has 0 unspecified atom stereocenters. The quantitative estimate of drug-likeness (QED) is 0.214. The number of hydrogen-bond donors (Lipinski definition) is 2. The van der Waals surface area contributed by atoms with Crippen LogP contribution in [-0.4, -0.2) is 79.1 Å². The van der Waals surface area contributed by atoms with Crippen molar-refractivity contribution in [2.75, 3.05) is 19.8 Å². The first-order valence-electron chi connectivity index (χ1n) is 12.5. The summed E-state index contributed by atoms with van der Waals surface area (Å²) >= 11 is 0. The zero-order valence-corrected chi connectivity index (χ0v) is 21.9. The van der Waals surface area contributed by atoms with Crippen LogP contribution in [0.5, 0.6) is 0 Å². The summed E-state index contributed by atoms with van der Waals surface area (Å²) in [6.07, 6.45) is 0.535. The molecule has 0 spiro atoms. The Morgan fingerprint density at radius 3 is 2.15 bits per heavy atom. The second-order valence-electron chi connectivity index (χ2n) is 9.43. The number of ether oxygens (including phenoxy) is 3. The van der Waals surface area contributed by atoms with Crippen LogP contribution in [0.1, 0.15) is 29.4 Å². The fraction of sp³-hybridized carbons (Fsp3) is 0.444. The zero-order valence-electron chi connectivity index (χ0n) is 21.9. The van der Waals surface area contributed by atoms with E-state index in [2.05, 4.69) is 25.1 Å². The molecule has 2 amide bonds. The Morgan fingerprint density at radius 1 is 0.927 bits per heavy atom. The van der Waals surface area contributed by atoms with Crippen molar-refractivity contribution in [3.05, 3.63) is 66.0 Å². The number of pyridine rings is 1. The average Bonchev–Trinajstić information content (AvgIpc) is 3.71. The number of epoxide rings is 1. The van der Waals surface area contributed by atoms with Gasteiger partial charge in [0.15, 0.2) is 11.6 Å². The van der Waals surface area contributed by atoms with Crippen LogP contribution in [0.3, 0.4) is 0 Å². The van der Waals surface area contributed by atoms with Crippen LogP contribution in [0.25, 0.3) is 0 Å². The summed E-state index contributed by atoms with van der Waals surface area (Å²) in [5.74, 6) is -4.87. The summed E-state index contributed by atoms with van der Waals surface area (Å²) < 4.78 is 65.0. The van der Waals surface area contributed by atoms with E-state index < -0.39 is 79.8 Å². The van der Waals surface area contributed by atoms with E-state index in [0.29, 0.717) is 5.56 Å². The molecule has 2 heterocycles. The van der Waals surface area contributed by atoms with Crippen LogP contribution >= 0.6 is 0 Å². The summed E-state index contributed by atoms with van der Waals surface area (Å²) in [6.45, 7) is -6.81. The molecule has 41 heavy (non-hydrogen) atoms. The molecule has 1 fully saturated rings. The molecule has 1 aliphatic heterocycles. The molecular formula is C27H29F4N3O7. The number of aromatic nitrogens is 1. The second kappa shape index (κ2) is 14.8. The van der Waals surface area contributed by atoms with Crippen LogP contribution in [0.15, 0.2) is 54.7 Å². The van der Waals surface area contributed by atoms with Gasteiger partial charge < -0.3 is 24.8 Å². The van der Waals surface area contributed by atoms with Gasteiger partial charge in [-0.3, -0.25) is 24.2 Å². The molecule has 0 saturated carbocycles. The van der Waals surface area contributed by atoms with Gasteiger partial charge in [-0.15, -0.1) is 0 Å². The van der Waals surface area contributed by atoms with Crippen LogP contribution in [0.2, 0.25) is 0 Å². The van der Waals surface area contributed by atoms with Gasteiger partial charge in [0.2, 0.25) is 5.91 Å². The molecule has 222 valence electrons. The molecule has 0 radical (unpaired) electrons. The molecule has 1 aliphatic rings. The number of carbonyl (C=O) groups excluding carboxylic acids is 4. The summed E-state index contributed by atoms with van der Waals surface area (Å²) in [5, 5.41) is 4.72. The smallest absolute Gasteiger partial charge is 0.345 e. The third-order valence-corrected chi connectivity index (χ3v) is 6.24. The van der Waals surface area contributed by atoms with Crippen molar-refractivity contribution >= 4 is 23.4 Å². The van der Waals surface area contributed by atoms with Crippen molar-refractivity contribution in [2.45, 2.75) is 50.7 Å². The lowest BCUT2D eigenvalue weighted by atomic mass is 9.93. The highest BCUT2D eigenvalue weighted by atomic mass is 19.3. The van der Waals surface area contributed by atoms with E-state index in [1.807, 2.05) is 0 Å². The zero-order chi connectivity index (χ0) is 30.0. The van der Waals surface area contributed by atoms with Gasteiger partial charge >= 0.3 is 13.2 Å². The Labute approximate surface area is 232 Å². The summed E-state index contributed by atoms with van der Waals surface area (Å²) in [4.78, 5) is 55.8. The molecule has 1 saturated heterocycles. The van der Waals surface area contributed by atoms with Crippen molar-refractivity contribution in [1.29, 1.82) is 0 Å². The Hall–Kier alpha value is -3.75. The van der Waals surface area contributed by atoms with E-state index in [0.717, 1.165) is 0 Å². The number of carbonyl (C=O) groups is 4. The Balaban J connectivity index is 1.77. The van der Waals surface area contributed by atoms with E-state index in [1.54, 1.807) is 30.3 Å². The molecule has 0 aliphatic carbocycles. The summed E-state index contributed by atoms with van der Waals surface area (Å²) in [7, 11) is 0. The summed E-state index contributed by atoms with van der Waals surface area (Å²) in [6, 6.07) is 10.2. The number of halogens is 4. The molecule has 3 rings (SSSR count). The van der Waals surface area contributed by atoms with Gasteiger partial charge in [-0.25, -0.2) is 0 Å². The number of amides is 2. The average molecular weight is 584 g/mol. The second-order valence-corrected chi connectivity index (χ2v) is 9.43. The number of nitrogens with one attached hydrogen (secondary N) is 2. The first-order chi connectivity index (χ1) is 19.5. The third kappa shape index (κ3) is 9.99. The van der Waals surface area contributed by atoms with Gasteiger partial charge in [0.1, 0.15) is 17.3 Å². The molecule has 10 nitrogen and oxygen atoms in total. The minimum Gasteiger partial charge on any atom is -0.361 e. The molecule has 1 aromatic carbocycles. The van der Waals surface area contributed by atoms with Gasteiger partial charge in [0.05, 0.1) is 31.8 Å². The predicted molar refractivity (Wildman–Crippen MR) is 134 cm³/mol. The van der Waals surface area contributed by atoms with E-state index in [9.17, 15) is 36.7 Å².